The lowest BCUT2D eigenvalue weighted by molar-refractivity contribution is 0.854. The second-order valence-corrected chi connectivity index (χ2v) is 5.00. The van der Waals surface area contributed by atoms with Gasteiger partial charge in [0.15, 0.2) is 0 Å². The molecule has 3 nitrogen and oxygen atoms in total. The van der Waals surface area contributed by atoms with E-state index in [-0.39, 0.29) is 0 Å². The van der Waals surface area contributed by atoms with Gasteiger partial charge in [0.05, 0.1) is 12.2 Å². The van der Waals surface area contributed by atoms with Gasteiger partial charge in [-0.25, -0.2) is 4.98 Å². The molecule has 0 amide bonds. The summed E-state index contributed by atoms with van der Waals surface area (Å²) in [6, 6.07) is 10.1. The molecule has 0 bridgehead atoms. The zero-order valence-corrected chi connectivity index (χ0v) is 12.3. The molecule has 0 aromatic carbocycles. The Hall–Kier alpha value is -1.61. The molecule has 19 heavy (non-hydrogen) atoms. The number of aryl methyl sites for hydroxylation is 2. The fraction of sp³-hybridized carbons (Fsp3) is 0.333. The summed E-state index contributed by atoms with van der Waals surface area (Å²) >= 11 is 5.90. The van der Waals surface area contributed by atoms with Crippen molar-refractivity contribution in [2.75, 3.05) is 11.9 Å². The fourth-order valence-corrected chi connectivity index (χ4v) is 2.16. The second kappa shape index (κ2) is 6.02. The predicted molar refractivity (Wildman–Crippen MR) is 79.6 cm³/mol. The predicted octanol–water partition coefficient (Wildman–Crippen LogP) is 3.47. The topological polar surface area (TPSA) is 29.0 Å². The van der Waals surface area contributed by atoms with E-state index >= 15 is 0 Å². The maximum Gasteiger partial charge on any atom is 0.129 e. The van der Waals surface area contributed by atoms with Gasteiger partial charge in [-0.1, -0.05) is 6.07 Å². The van der Waals surface area contributed by atoms with Gasteiger partial charge in [-0.15, -0.1) is 11.6 Å². The van der Waals surface area contributed by atoms with E-state index in [9.17, 15) is 0 Å². The van der Waals surface area contributed by atoms with Crippen molar-refractivity contribution in [1.29, 1.82) is 0 Å². The molecule has 0 atom stereocenters. The third-order valence-electron chi connectivity index (χ3n) is 2.89. The third kappa shape index (κ3) is 3.67. The van der Waals surface area contributed by atoms with Crippen LogP contribution in [0.3, 0.4) is 0 Å². The minimum absolute atomic E-state index is 0.507. The highest BCUT2D eigenvalue weighted by Crippen LogP contribution is 2.17. The Balaban J connectivity index is 2.20. The van der Waals surface area contributed by atoms with Crippen LogP contribution in [-0.4, -0.2) is 17.0 Å². The van der Waals surface area contributed by atoms with Gasteiger partial charge in [-0.2, -0.15) is 0 Å². The van der Waals surface area contributed by atoms with Crippen LogP contribution in [0.4, 0.5) is 5.82 Å². The molecule has 0 saturated heterocycles. The number of pyridine rings is 2. The molecule has 0 aliphatic carbocycles. The number of hydrogen-bond acceptors (Lipinski definition) is 3. The average molecular weight is 276 g/mol. The van der Waals surface area contributed by atoms with Crippen LogP contribution in [0.1, 0.15) is 22.6 Å². The van der Waals surface area contributed by atoms with Crippen molar-refractivity contribution in [3.63, 3.8) is 0 Å². The first-order chi connectivity index (χ1) is 9.08. The van der Waals surface area contributed by atoms with Gasteiger partial charge < -0.3 is 4.90 Å². The molecule has 2 rings (SSSR count). The highest BCUT2D eigenvalue weighted by molar-refractivity contribution is 6.17. The Morgan fingerprint density at radius 2 is 1.89 bits per heavy atom. The SMILES string of the molecule is Cc1cccc(CN(C)c2cc(CCl)cc(C)n2)n1. The van der Waals surface area contributed by atoms with Crippen molar-refractivity contribution in [3.05, 3.63) is 53.0 Å². The molecule has 4 heteroatoms. The average Bonchev–Trinajstić information content (AvgIpc) is 2.38. The summed E-state index contributed by atoms with van der Waals surface area (Å²) in [7, 11) is 2.02. The first kappa shape index (κ1) is 13.8. The molecule has 0 saturated carbocycles. The van der Waals surface area contributed by atoms with E-state index in [0.29, 0.717) is 5.88 Å². The van der Waals surface area contributed by atoms with Gasteiger partial charge in [0.25, 0.3) is 0 Å². The maximum absolute atomic E-state index is 5.90. The number of aromatic nitrogens is 2. The zero-order valence-electron chi connectivity index (χ0n) is 11.5. The Morgan fingerprint density at radius 3 is 2.58 bits per heavy atom. The van der Waals surface area contributed by atoms with Crippen LogP contribution >= 0.6 is 11.6 Å². The first-order valence-electron chi connectivity index (χ1n) is 6.25. The lowest BCUT2D eigenvalue weighted by Gasteiger charge is -2.19. The van der Waals surface area contributed by atoms with E-state index in [0.717, 1.165) is 35.0 Å². The van der Waals surface area contributed by atoms with E-state index in [1.807, 2.05) is 51.2 Å². The third-order valence-corrected chi connectivity index (χ3v) is 3.20. The molecule has 2 aromatic heterocycles. The van der Waals surface area contributed by atoms with Gasteiger partial charge >= 0.3 is 0 Å². The minimum Gasteiger partial charge on any atom is -0.354 e. The summed E-state index contributed by atoms with van der Waals surface area (Å²) in [5.74, 6) is 1.44. The molecular weight excluding hydrogens is 258 g/mol. The van der Waals surface area contributed by atoms with Crippen molar-refractivity contribution >= 4 is 17.4 Å². The van der Waals surface area contributed by atoms with E-state index in [2.05, 4.69) is 14.9 Å². The molecule has 0 radical (unpaired) electrons. The van der Waals surface area contributed by atoms with Gasteiger partial charge in [0, 0.05) is 24.3 Å². The van der Waals surface area contributed by atoms with Crippen molar-refractivity contribution in [2.45, 2.75) is 26.3 Å². The van der Waals surface area contributed by atoms with Crippen LogP contribution in [0.15, 0.2) is 30.3 Å². The van der Waals surface area contributed by atoms with Crippen molar-refractivity contribution in [2.24, 2.45) is 0 Å². The number of halogens is 1. The number of hydrogen-bond donors (Lipinski definition) is 0. The Morgan fingerprint density at radius 1 is 1.11 bits per heavy atom. The largest absolute Gasteiger partial charge is 0.354 e. The first-order valence-corrected chi connectivity index (χ1v) is 6.79. The molecule has 0 aliphatic rings. The number of alkyl halides is 1. The lowest BCUT2D eigenvalue weighted by atomic mass is 10.2. The number of nitrogens with zero attached hydrogens (tertiary/aromatic N) is 3. The van der Waals surface area contributed by atoms with Crippen LogP contribution in [0.25, 0.3) is 0 Å². The second-order valence-electron chi connectivity index (χ2n) is 4.73. The summed E-state index contributed by atoms with van der Waals surface area (Å²) in [5, 5.41) is 0. The molecular formula is C15H18ClN3. The summed E-state index contributed by atoms with van der Waals surface area (Å²) in [5.41, 5.74) is 4.15. The highest BCUT2D eigenvalue weighted by atomic mass is 35.5. The van der Waals surface area contributed by atoms with Crippen LogP contribution in [0, 0.1) is 13.8 Å². The summed E-state index contributed by atoms with van der Waals surface area (Å²) in [6.45, 7) is 4.72. The molecule has 2 aromatic rings. The standard InChI is InChI=1S/C15H18ClN3/c1-11-5-4-6-14(17-11)10-19(3)15-8-13(9-16)7-12(2)18-15/h4-8H,9-10H2,1-3H3. The summed E-state index contributed by atoms with van der Waals surface area (Å²) in [6.07, 6.45) is 0. The van der Waals surface area contributed by atoms with Crippen LogP contribution in [0.2, 0.25) is 0 Å². The highest BCUT2D eigenvalue weighted by Gasteiger charge is 2.07. The monoisotopic (exact) mass is 275 g/mol. The molecule has 2 heterocycles. The van der Waals surface area contributed by atoms with Crippen molar-refractivity contribution in [1.82, 2.24) is 9.97 Å². The van der Waals surface area contributed by atoms with E-state index in [4.69, 9.17) is 11.6 Å². The van der Waals surface area contributed by atoms with Gasteiger partial charge in [0.1, 0.15) is 5.82 Å². The molecule has 0 aliphatic heterocycles. The van der Waals surface area contributed by atoms with Gasteiger partial charge in [0.2, 0.25) is 0 Å². The summed E-state index contributed by atoms with van der Waals surface area (Å²) < 4.78 is 0. The fourth-order valence-electron chi connectivity index (χ4n) is 2.01. The Labute approximate surface area is 119 Å². The molecule has 0 unspecified atom stereocenters. The lowest BCUT2D eigenvalue weighted by Crippen LogP contribution is -2.19. The molecule has 100 valence electrons. The normalized spacial score (nSPS) is 10.5. The Bertz CT molecular complexity index is 569. The molecule has 0 fully saturated rings. The minimum atomic E-state index is 0.507. The van der Waals surface area contributed by atoms with Crippen molar-refractivity contribution < 1.29 is 0 Å². The van der Waals surface area contributed by atoms with Crippen LogP contribution in [0.5, 0.6) is 0 Å². The zero-order chi connectivity index (χ0) is 13.8. The van der Waals surface area contributed by atoms with E-state index in [1.54, 1.807) is 0 Å². The summed E-state index contributed by atoms with van der Waals surface area (Å²) in [4.78, 5) is 11.1. The van der Waals surface area contributed by atoms with Crippen LogP contribution in [-0.2, 0) is 12.4 Å². The molecule has 0 N–H and O–H groups in total. The van der Waals surface area contributed by atoms with Crippen molar-refractivity contribution in [3.8, 4) is 0 Å². The van der Waals surface area contributed by atoms with Crippen LogP contribution < -0.4 is 4.90 Å². The number of rotatable bonds is 4. The van der Waals surface area contributed by atoms with Gasteiger partial charge in [-0.05, 0) is 43.7 Å². The smallest absolute Gasteiger partial charge is 0.129 e. The number of anilines is 1. The maximum atomic E-state index is 5.90. The molecule has 0 spiro atoms. The quantitative estimate of drug-likeness (QED) is 0.800. The van der Waals surface area contributed by atoms with Gasteiger partial charge in [-0.3, -0.25) is 4.98 Å². The Kier molecular flexibility index (Phi) is 4.38. The van der Waals surface area contributed by atoms with E-state index in [1.165, 1.54) is 0 Å². The van der Waals surface area contributed by atoms with E-state index < -0.39 is 0 Å².